The predicted octanol–water partition coefficient (Wildman–Crippen LogP) is 0.818. The van der Waals surface area contributed by atoms with Gasteiger partial charge >= 0.3 is 11.9 Å². The molecule has 0 saturated heterocycles. The lowest BCUT2D eigenvalue weighted by atomic mass is 9.92. The van der Waals surface area contributed by atoms with E-state index < -0.39 is 23.8 Å². The summed E-state index contributed by atoms with van der Waals surface area (Å²) in [6, 6.07) is 0. The van der Waals surface area contributed by atoms with Gasteiger partial charge in [0, 0.05) is 0 Å². The summed E-state index contributed by atoms with van der Waals surface area (Å²) in [6.45, 7) is 3.07. The second-order valence-corrected chi connectivity index (χ2v) is 2.48. The van der Waals surface area contributed by atoms with Crippen molar-refractivity contribution in [1.82, 2.24) is 0 Å². The van der Waals surface area contributed by atoms with Crippen LogP contribution in [-0.4, -0.2) is 22.2 Å². The maximum Gasteiger partial charge on any atom is 0.307 e. The SMILES string of the molecule is CC[C@@H](C(=O)O)[C@@H](C)C(=O)O. The summed E-state index contributed by atoms with van der Waals surface area (Å²) in [4.78, 5) is 20.8. The third kappa shape index (κ3) is 2.57. The quantitative estimate of drug-likeness (QED) is 0.638. The molecule has 0 fully saturated rings. The molecular weight excluding hydrogens is 148 g/mol. The van der Waals surface area contributed by atoms with E-state index in [1.165, 1.54) is 6.92 Å². The molecular formula is C7H12O4. The van der Waals surface area contributed by atoms with Gasteiger partial charge in [0.2, 0.25) is 0 Å². The van der Waals surface area contributed by atoms with Gasteiger partial charge in [-0.2, -0.15) is 0 Å². The first kappa shape index (κ1) is 9.94. The molecule has 4 nitrogen and oxygen atoms in total. The van der Waals surface area contributed by atoms with Gasteiger partial charge in [-0.15, -0.1) is 0 Å². The first-order chi connectivity index (χ1) is 5.00. The molecule has 0 rings (SSSR count). The number of carboxylic acids is 2. The number of rotatable bonds is 4. The van der Waals surface area contributed by atoms with Crippen LogP contribution in [-0.2, 0) is 9.59 Å². The Balaban J connectivity index is 4.25. The van der Waals surface area contributed by atoms with Crippen molar-refractivity contribution in [1.29, 1.82) is 0 Å². The van der Waals surface area contributed by atoms with Crippen LogP contribution < -0.4 is 0 Å². The molecule has 0 heterocycles. The molecule has 4 heteroatoms. The molecule has 2 atom stereocenters. The molecule has 0 aliphatic rings. The Hall–Kier alpha value is -1.06. The lowest BCUT2D eigenvalue weighted by Crippen LogP contribution is -2.26. The average Bonchev–Trinajstić information content (AvgIpc) is 1.88. The van der Waals surface area contributed by atoms with E-state index in [9.17, 15) is 9.59 Å². The van der Waals surface area contributed by atoms with Crippen molar-refractivity contribution in [2.24, 2.45) is 11.8 Å². The highest BCUT2D eigenvalue weighted by molar-refractivity contribution is 5.79. The molecule has 0 amide bonds. The number of carbonyl (C=O) groups is 2. The summed E-state index contributed by atoms with van der Waals surface area (Å²) in [5.74, 6) is -3.67. The molecule has 0 radical (unpaired) electrons. The van der Waals surface area contributed by atoms with E-state index in [1.54, 1.807) is 6.92 Å². The van der Waals surface area contributed by atoms with Gasteiger partial charge in [-0.05, 0) is 6.42 Å². The molecule has 0 aliphatic heterocycles. The maximum absolute atomic E-state index is 10.4. The normalized spacial score (nSPS) is 15.5. The summed E-state index contributed by atoms with van der Waals surface area (Å²) in [5.41, 5.74) is 0. The van der Waals surface area contributed by atoms with Gasteiger partial charge < -0.3 is 10.2 Å². The Labute approximate surface area is 64.8 Å². The molecule has 0 aromatic heterocycles. The summed E-state index contributed by atoms with van der Waals surface area (Å²) in [6.07, 6.45) is 0.350. The number of carboxylic acid groups (broad SMARTS) is 2. The highest BCUT2D eigenvalue weighted by Gasteiger charge is 2.27. The molecule has 64 valence electrons. The lowest BCUT2D eigenvalue weighted by Gasteiger charge is -2.13. The Kier molecular flexibility index (Phi) is 3.57. The van der Waals surface area contributed by atoms with Gasteiger partial charge in [0.15, 0.2) is 0 Å². The van der Waals surface area contributed by atoms with E-state index in [-0.39, 0.29) is 0 Å². The molecule has 0 aliphatic carbocycles. The van der Waals surface area contributed by atoms with Crippen molar-refractivity contribution in [3.63, 3.8) is 0 Å². The number of hydrogen-bond acceptors (Lipinski definition) is 2. The third-order valence-electron chi connectivity index (χ3n) is 1.75. The average molecular weight is 160 g/mol. The van der Waals surface area contributed by atoms with Gasteiger partial charge in [-0.1, -0.05) is 13.8 Å². The number of hydrogen-bond donors (Lipinski definition) is 2. The van der Waals surface area contributed by atoms with Gasteiger partial charge in [0.05, 0.1) is 11.8 Å². The van der Waals surface area contributed by atoms with Crippen molar-refractivity contribution < 1.29 is 19.8 Å². The van der Waals surface area contributed by atoms with E-state index in [2.05, 4.69) is 0 Å². The fraction of sp³-hybridized carbons (Fsp3) is 0.714. The van der Waals surface area contributed by atoms with Gasteiger partial charge in [0.1, 0.15) is 0 Å². The van der Waals surface area contributed by atoms with Crippen LogP contribution in [0.4, 0.5) is 0 Å². The largest absolute Gasteiger partial charge is 0.481 e. The van der Waals surface area contributed by atoms with Crippen molar-refractivity contribution in [2.45, 2.75) is 20.3 Å². The van der Waals surface area contributed by atoms with Crippen LogP contribution in [0.1, 0.15) is 20.3 Å². The topological polar surface area (TPSA) is 74.6 Å². The highest BCUT2D eigenvalue weighted by atomic mass is 16.4. The summed E-state index contributed by atoms with van der Waals surface area (Å²) < 4.78 is 0. The van der Waals surface area contributed by atoms with Crippen LogP contribution in [0.2, 0.25) is 0 Å². The van der Waals surface area contributed by atoms with Crippen molar-refractivity contribution in [3.05, 3.63) is 0 Å². The van der Waals surface area contributed by atoms with Crippen LogP contribution in [0.25, 0.3) is 0 Å². The molecule has 2 N–H and O–H groups in total. The minimum Gasteiger partial charge on any atom is -0.481 e. The van der Waals surface area contributed by atoms with E-state index in [0.29, 0.717) is 6.42 Å². The predicted molar refractivity (Wildman–Crippen MR) is 38.2 cm³/mol. The second-order valence-electron chi connectivity index (χ2n) is 2.48. The van der Waals surface area contributed by atoms with E-state index in [0.717, 1.165) is 0 Å². The van der Waals surface area contributed by atoms with E-state index in [1.807, 2.05) is 0 Å². The minimum atomic E-state index is -1.06. The molecule has 0 bridgehead atoms. The van der Waals surface area contributed by atoms with Crippen LogP contribution in [0.3, 0.4) is 0 Å². The standard InChI is InChI=1S/C7H12O4/c1-3-5(7(10)11)4(2)6(8)9/h4-5H,3H2,1-2H3,(H,8,9)(H,10,11)/t4-,5-/m1/s1. The summed E-state index contributed by atoms with van der Waals surface area (Å²) in [5, 5.41) is 17.0. The molecule has 0 aromatic rings. The maximum atomic E-state index is 10.4. The monoisotopic (exact) mass is 160 g/mol. The molecule has 0 spiro atoms. The third-order valence-corrected chi connectivity index (χ3v) is 1.75. The second kappa shape index (κ2) is 3.95. The highest BCUT2D eigenvalue weighted by Crippen LogP contribution is 2.15. The zero-order chi connectivity index (χ0) is 9.02. The van der Waals surface area contributed by atoms with Gasteiger partial charge in [-0.25, -0.2) is 0 Å². The van der Waals surface area contributed by atoms with Crippen molar-refractivity contribution in [3.8, 4) is 0 Å². The van der Waals surface area contributed by atoms with Gasteiger partial charge in [-0.3, -0.25) is 9.59 Å². The zero-order valence-corrected chi connectivity index (χ0v) is 6.57. The van der Waals surface area contributed by atoms with Crippen LogP contribution in [0.15, 0.2) is 0 Å². The Bertz CT molecular complexity index is 164. The molecule has 11 heavy (non-hydrogen) atoms. The summed E-state index contributed by atoms with van der Waals surface area (Å²) >= 11 is 0. The van der Waals surface area contributed by atoms with E-state index in [4.69, 9.17) is 10.2 Å². The van der Waals surface area contributed by atoms with E-state index >= 15 is 0 Å². The number of aliphatic carboxylic acids is 2. The Morgan fingerprint density at radius 2 is 1.73 bits per heavy atom. The smallest absolute Gasteiger partial charge is 0.307 e. The first-order valence-corrected chi connectivity index (χ1v) is 3.46. The zero-order valence-electron chi connectivity index (χ0n) is 6.57. The van der Waals surface area contributed by atoms with Crippen LogP contribution in [0.5, 0.6) is 0 Å². The molecule has 0 aromatic carbocycles. The summed E-state index contributed by atoms with van der Waals surface area (Å²) in [7, 11) is 0. The molecule has 0 unspecified atom stereocenters. The van der Waals surface area contributed by atoms with Crippen LogP contribution >= 0.6 is 0 Å². The fourth-order valence-electron chi connectivity index (χ4n) is 0.914. The van der Waals surface area contributed by atoms with Crippen LogP contribution in [0, 0.1) is 11.8 Å². The minimum absolute atomic E-state index is 0.350. The van der Waals surface area contributed by atoms with Crippen molar-refractivity contribution >= 4 is 11.9 Å². The molecule has 0 saturated carbocycles. The Morgan fingerprint density at radius 1 is 1.27 bits per heavy atom. The first-order valence-electron chi connectivity index (χ1n) is 3.46. The van der Waals surface area contributed by atoms with Gasteiger partial charge in [0.25, 0.3) is 0 Å². The fourth-order valence-corrected chi connectivity index (χ4v) is 0.914. The lowest BCUT2D eigenvalue weighted by molar-refractivity contribution is -0.153. The Morgan fingerprint density at radius 3 is 1.82 bits per heavy atom. The van der Waals surface area contributed by atoms with Crippen molar-refractivity contribution in [2.75, 3.05) is 0 Å².